The lowest BCUT2D eigenvalue weighted by molar-refractivity contribution is 0.213. The van der Waals surface area contributed by atoms with Crippen molar-refractivity contribution in [3.8, 4) is 17.1 Å². The first-order valence-electron chi connectivity index (χ1n) is 7.80. The SMILES string of the molecule is COc1ccccc1NC(=O)N(C)Cc1nc(-c2ccc(Cl)cc2)no1. The van der Waals surface area contributed by atoms with Crippen LogP contribution >= 0.6 is 11.6 Å². The molecule has 2 aromatic carbocycles. The molecule has 0 saturated heterocycles. The third-order valence-electron chi connectivity index (χ3n) is 3.64. The van der Waals surface area contributed by atoms with Gasteiger partial charge in [-0.3, -0.25) is 0 Å². The largest absolute Gasteiger partial charge is 0.495 e. The van der Waals surface area contributed by atoms with Crippen LogP contribution in [0.1, 0.15) is 5.89 Å². The summed E-state index contributed by atoms with van der Waals surface area (Å²) in [6.07, 6.45) is 0. The van der Waals surface area contributed by atoms with Gasteiger partial charge in [-0.1, -0.05) is 28.9 Å². The number of methoxy groups -OCH3 is 1. The maximum absolute atomic E-state index is 12.4. The molecular weight excluding hydrogens is 356 g/mol. The third kappa shape index (κ3) is 4.12. The highest BCUT2D eigenvalue weighted by atomic mass is 35.5. The Bertz CT molecular complexity index is 895. The van der Waals surface area contributed by atoms with E-state index in [9.17, 15) is 4.79 Å². The van der Waals surface area contributed by atoms with Gasteiger partial charge in [0.15, 0.2) is 0 Å². The minimum absolute atomic E-state index is 0.168. The Morgan fingerprint density at radius 1 is 1.23 bits per heavy atom. The molecule has 3 aromatic rings. The van der Waals surface area contributed by atoms with E-state index >= 15 is 0 Å². The van der Waals surface area contributed by atoms with Crippen molar-refractivity contribution in [2.75, 3.05) is 19.5 Å². The Labute approximate surface area is 155 Å². The fourth-order valence-corrected chi connectivity index (χ4v) is 2.39. The van der Waals surface area contributed by atoms with Gasteiger partial charge >= 0.3 is 6.03 Å². The van der Waals surface area contributed by atoms with Crippen LogP contribution < -0.4 is 10.1 Å². The van der Waals surface area contributed by atoms with Crippen molar-refractivity contribution in [3.63, 3.8) is 0 Å². The molecule has 134 valence electrons. The highest BCUT2D eigenvalue weighted by Crippen LogP contribution is 2.23. The molecule has 7 nitrogen and oxygen atoms in total. The molecule has 0 aliphatic rings. The molecule has 1 aromatic heterocycles. The van der Waals surface area contributed by atoms with Gasteiger partial charge in [-0.05, 0) is 36.4 Å². The van der Waals surface area contributed by atoms with Gasteiger partial charge in [-0.2, -0.15) is 4.98 Å². The molecule has 0 aliphatic heterocycles. The number of nitrogens with zero attached hydrogens (tertiary/aromatic N) is 3. The van der Waals surface area contributed by atoms with Crippen molar-refractivity contribution in [2.45, 2.75) is 6.54 Å². The molecule has 0 unspecified atom stereocenters. The van der Waals surface area contributed by atoms with Crippen molar-refractivity contribution in [1.29, 1.82) is 0 Å². The van der Waals surface area contributed by atoms with Gasteiger partial charge in [-0.15, -0.1) is 0 Å². The first-order valence-corrected chi connectivity index (χ1v) is 8.18. The molecule has 0 bridgehead atoms. The predicted octanol–water partition coefficient (Wildman–Crippen LogP) is 4.06. The van der Waals surface area contributed by atoms with Crippen LogP contribution in [0.2, 0.25) is 5.02 Å². The summed E-state index contributed by atoms with van der Waals surface area (Å²) >= 11 is 5.87. The molecule has 1 N–H and O–H groups in total. The number of ether oxygens (including phenoxy) is 1. The van der Waals surface area contributed by atoms with Crippen molar-refractivity contribution >= 4 is 23.3 Å². The Kier molecular flexibility index (Phi) is 5.38. The minimum atomic E-state index is -0.319. The average Bonchev–Trinajstić information content (AvgIpc) is 3.11. The smallest absolute Gasteiger partial charge is 0.322 e. The monoisotopic (exact) mass is 372 g/mol. The summed E-state index contributed by atoms with van der Waals surface area (Å²) in [6, 6.07) is 14.0. The summed E-state index contributed by atoms with van der Waals surface area (Å²) in [6.45, 7) is 0.168. The van der Waals surface area contributed by atoms with Gasteiger partial charge in [0.25, 0.3) is 0 Å². The van der Waals surface area contributed by atoms with Gasteiger partial charge in [0.2, 0.25) is 11.7 Å². The minimum Gasteiger partial charge on any atom is -0.495 e. The van der Waals surface area contributed by atoms with Crippen LogP contribution in [-0.4, -0.2) is 35.2 Å². The van der Waals surface area contributed by atoms with E-state index in [-0.39, 0.29) is 12.6 Å². The van der Waals surface area contributed by atoms with Crippen LogP contribution in [0, 0.1) is 0 Å². The van der Waals surface area contributed by atoms with Crippen LogP contribution in [0.25, 0.3) is 11.4 Å². The lowest BCUT2D eigenvalue weighted by atomic mass is 10.2. The summed E-state index contributed by atoms with van der Waals surface area (Å²) in [5.41, 5.74) is 1.37. The lowest BCUT2D eigenvalue weighted by Crippen LogP contribution is -2.31. The van der Waals surface area contributed by atoms with E-state index in [0.29, 0.717) is 28.2 Å². The lowest BCUT2D eigenvalue weighted by Gasteiger charge is -2.17. The molecule has 26 heavy (non-hydrogen) atoms. The number of nitrogens with one attached hydrogen (secondary N) is 1. The highest BCUT2D eigenvalue weighted by molar-refractivity contribution is 6.30. The molecule has 8 heteroatoms. The molecule has 0 radical (unpaired) electrons. The van der Waals surface area contributed by atoms with Crippen LogP contribution in [0.3, 0.4) is 0 Å². The summed E-state index contributed by atoms with van der Waals surface area (Å²) in [5.74, 6) is 1.35. The number of benzene rings is 2. The number of halogens is 1. The fraction of sp³-hybridized carbons (Fsp3) is 0.167. The van der Waals surface area contributed by atoms with E-state index in [2.05, 4.69) is 15.5 Å². The van der Waals surface area contributed by atoms with Gasteiger partial charge in [0.1, 0.15) is 12.3 Å². The number of para-hydroxylation sites is 2. The van der Waals surface area contributed by atoms with Crippen molar-refractivity contribution in [2.24, 2.45) is 0 Å². The van der Waals surface area contributed by atoms with E-state index in [1.165, 1.54) is 4.90 Å². The Hall–Kier alpha value is -3.06. The number of anilines is 1. The normalized spacial score (nSPS) is 10.4. The quantitative estimate of drug-likeness (QED) is 0.730. The maximum atomic E-state index is 12.4. The number of carbonyl (C=O) groups excluding carboxylic acids is 1. The number of aromatic nitrogens is 2. The van der Waals surface area contributed by atoms with Crippen molar-refractivity contribution < 1.29 is 14.1 Å². The van der Waals surface area contributed by atoms with Gasteiger partial charge in [0, 0.05) is 17.6 Å². The van der Waals surface area contributed by atoms with E-state index in [1.807, 2.05) is 12.1 Å². The Balaban J connectivity index is 1.65. The number of hydrogen-bond donors (Lipinski definition) is 1. The molecule has 0 fully saturated rings. The van der Waals surface area contributed by atoms with Crippen molar-refractivity contribution in [1.82, 2.24) is 15.0 Å². The van der Waals surface area contributed by atoms with E-state index in [0.717, 1.165) is 5.56 Å². The van der Waals surface area contributed by atoms with Crippen LogP contribution in [-0.2, 0) is 6.54 Å². The second-order valence-corrected chi connectivity index (χ2v) is 5.94. The first kappa shape index (κ1) is 17.8. The molecule has 3 rings (SSSR count). The molecule has 1 heterocycles. The number of hydrogen-bond acceptors (Lipinski definition) is 5. The molecule has 0 saturated carbocycles. The molecule has 2 amide bonds. The molecular formula is C18H17ClN4O3. The zero-order valence-electron chi connectivity index (χ0n) is 14.3. The molecule has 0 aliphatic carbocycles. The predicted molar refractivity (Wildman–Crippen MR) is 98.2 cm³/mol. The highest BCUT2D eigenvalue weighted by Gasteiger charge is 2.16. The summed E-state index contributed by atoms with van der Waals surface area (Å²) in [4.78, 5) is 18.1. The molecule has 0 atom stereocenters. The van der Waals surface area contributed by atoms with E-state index in [1.54, 1.807) is 50.6 Å². The van der Waals surface area contributed by atoms with Gasteiger partial charge < -0.3 is 19.5 Å². The summed E-state index contributed by atoms with van der Waals surface area (Å²) < 4.78 is 10.4. The standard InChI is InChI=1S/C18H17ClN4O3/c1-23(18(24)20-14-5-3-4-6-15(14)25-2)11-16-21-17(22-26-16)12-7-9-13(19)10-8-12/h3-10H,11H2,1-2H3,(H,20,24). The first-order chi connectivity index (χ1) is 12.6. The number of rotatable bonds is 5. The van der Waals surface area contributed by atoms with Gasteiger partial charge in [0.05, 0.1) is 12.8 Å². The number of carbonyl (C=O) groups is 1. The number of amides is 2. The Morgan fingerprint density at radius 2 is 1.96 bits per heavy atom. The fourth-order valence-electron chi connectivity index (χ4n) is 2.27. The summed E-state index contributed by atoms with van der Waals surface area (Å²) in [5, 5.41) is 7.35. The van der Waals surface area contributed by atoms with Gasteiger partial charge in [-0.25, -0.2) is 4.79 Å². The Morgan fingerprint density at radius 3 is 2.69 bits per heavy atom. The molecule has 0 spiro atoms. The van der Waals surface area contributed by atoms with Crippen LogP contribution in [0.5, 0.6) is 5.75 Å². The zero-order chi connectivity index (χ0) is 18.5. The second kappa shape index (κ2) is 7.88. The topological polar surface area (TPSA) is 80.5 Å². The van der Waals surface area contributed by atoms with Crippen LogP contribution in [0.4, 0.5) is 10.5 Å². The van der Waals surface area contributed by atoms with E-state index < -0.39 is 0 Å². The maximum Gasteiger partial charge on any atom is 0.322 e. The summed E-state index contributed by atoms with van der Waals surface area (Å²) in [7, 11) is 3.18. The number of urea groups is 1. The van der Waals surface area contributed by atoms with Crippen molar-refractivity contribution in [3.05, 3.63) is 59.4 Å². The average molecular weight is 373 g/mol. The van der Waals surface area contributed by atoms with Crippen LogP contribution in [0.15, 0.2) is 53.1 Å². The zero-order valence-corrected chi connectivity index (χ0v) is 15.0. The second-order valence-electron chi connectivity index (χ2n) is 5.51. The van der Waals surface area contributed by atoms with E-state index in [4.69, 9.17) is 20.9 Å². The third-order valence-corrected chi connectivity index (χ3v) is 3.89.